The number of fused-ring (bicyclic) bond motifs is 1. The lowest BCUT2D eigenvalue weighted by Gasteiger charge is -2.06. The third-order valence-electron chi connectivity index (χ3n) is 2.94. The summed E-state index contributed by atoms with van der Waals surface area (Å²) in [6.45, 7) is 1.89. The predicted octanol–water partition coefficient (Wildman–Crippen LogP) is 4.37. The van der Waals surface area contributed by atoms with Crippen LogP contribution in [0.4, 0.5) is 8.78 Å². The van der Waals surface area contributed by atoms with Gasteiger partial charge in [0.2, 0.25) is 0 Å². The van der Waals surface area contributed by atoms with Gasteiger partial charge in [-0.15, -0.1) is 5.10 Å². The molecule has 0 atom stereocenters. The normalized spacial score (nSPS) is 10.9. The molecule has 1 heterocycles. The molecule has 3 aromatic rings. The molecule has 0 spiro atoms. The van der Waals surface area contributed by atoms with E-state index in [1.165, 1.54) is 17.8 Å². The van der Waals surface area contributed by atoms with Crippen LogP contribution in [-0.2, 0) is 0 Å². The summed E-state index contributed by atoms with van der Waals surface area (Å²) in [6.07, 6.45) is 0. The molecule has 0 N–H and O–H groups in total. The summed E-state index contributed by atoms with van der Waals surface area (Å²) in [5.74, 6) is -1.71. The Hall–Kier alpha value is -2.01. The van der Waals surface area contributed by atoms with Gasteiger partial charge in [-0.1, -0.05) is 36.0 Å². The topological polar surface area (TPSA) is 25.8 Å². The van der Waals surface area contributed by atoms with Crippen LogP contribution < -0.4 is 0 Å². The highest BCUT2D eigenvalue weighted by Gasteiger charge is 2.09. The van der Waals surface area contributed by atoms with Crippen LogP contribution in [0, 0.1) is 18.6 Å². The molecule has 0 saturated carbocycles. The molecule has 3 rings (SSSR count). The molecule has 0 radical (unpaired) electrons. The Morgan fingerprint density at radius 2 is 1.65 bits per heavy atom. The van der Waals surface area contributed by atoms with Gasteiger partial charge in [0.1, 0.15) is 5.03 Å². The molecule has 2 aromatic carbocycles. The molecule has 100 valence electrons. The van der Waals surface area contributed by atoms with Gasteiger partial charge in [-0.05, 0) is 25.1 Å². The average molecular weight is 288 g/mol. The lowest BCUT2D eigenvalue weighted by molar-refractivity contribution is 0.506. The van der Waals surface area contributed by atoms with E-state index in [9.17, 15) is 8.78 Å². The Kier molecular flexibility index (Phi) is 3.36. The van der Waals surface area contributed by atoms with Crippen molar-refractivity contribution in [2.24, 2.45) is 0 Å². The van der Waals surface area contributed by atoms with E-state index < -0.39 is 11.6 Å². The van der Waals surface area contributed by atoms with Crippen molar-refractivity contribution < 1.29 is 8.78 Å². The van der Waals surface area contributed by atoms with Crippen LogP contribution in [0.25, 0.3) is 10.8 Å². The number of aryl methyl sites for hydroxylation is 1. The minimum Gasteiger partial charge on any atom is -0.204 e. The van der Waals surface area contributed by atoms with E-state index >= 15 is 0 Å². The second-order valence-corrected chi connectivity index (χ2v) is 5.38. The number of aromatic nitrogens is 2. The maximum Gasteiger partial charge on any atom is 0.159 e. The van der Waals surface area contributed by atoms with Crippen molar-refractivity contribution in [3.63, 3.8) is 0 Å². The quantitative estimate of drug-likeness (QED) is 0.700. The van der Waals surface area contributed by atoms with E-state index in [4.69, 9.17) is 0 Å². The van der Waals surface area contributed by atoms with Gasteiger partial charge >= 0.3 is 0 Å². The zero-order valence-electron chi connectivity index (χ0n) is 10.6. The molecule has 0 unspecified atom stereocenters. The van der Waals surface area contributed by atoms with Gasteiger partial charge in [0, 0.05) is 15.7 Å². The van der Waals surface area contributed by atoms with E-state index in [-0.39, 0.29) is 0 Å². The number of nitrogens with zero attached hydrogens (tertiary/aromatic N) is 2. The number of benzene rings is 2. The molecule has 2 nitrogen and oxygen atoms in total. The molecule has 0 amide bonds. The second kappa shape index (κ2) is 5.17. The zero-order chi connectivity index (χ0) is 14.1. The first-order chi connectivity index (χ1) is 9.65. The van der Waals surface area contributed by atoms with Crippen LogP contribution in [0.5, 0.6) is 0 Å². The highest BCUT2D eigenvalue weighted by molar-refractivity contribution is 7.99. The van der Waals surface area contributed by atoms with E-state index in [0.717, 1.165) is 28.6 Å². The molecular formula is C15H10F2N2S. The summed E-state index contributed by atoms with van der Waals surface area (Å²) in [4.78, 5) is 0.590. The van der Waals surface area contributed by atoms with Crippen LogP contribution in [0.3, 0.4) is 0 Å². The van der Waals surface area contributed by atoms with Gasteiger partial charge < -0.3 is 0 Å². The molecule has 5 heteroatoms. The predicted molar refractivity (Wildman–Crippen MR) is 74.8 cm³/mol. The first-order valence-corrected chi connectivity index (χ1v) is 6.82. The lowest BCUT2D eigenvalue weighted by atomic mass is 10.1. The Bertz CT molecular complexity index is 790. The monoisotopic (exact) mass is 288 g/mol. The van der Waals surface area contributed by atoms with Gasteiger partial charge in [0.15, 0.2) is 11.6 Å². The van der Waals surface area contributed by atoms with Gasteiger partial charge in [-0.2, -0.15) is 5.10 Å². The largest absolute Gasteiger partial charge is 0.204 e. The molecule has 0 bridgehead atoms. The van der Waals surface area contributed by atoms with Crippen LogP contribution in [-0.4, -0.2) is 10.2 Å². The summed E-state index contributed by atoms with van der Waals surface area (Å²) in [6, 6.07) is 11.6. The van der Waals surface area contributed by atoms with Crippen molar-refractivity contribution in [1.29, 1.82) is 0 Å². The van der Waals surface area contributed by atoms with Crippen molar-refractivity contribution >= 4 is 22.5 Å². The molecule has 0 fully saturated rings. The smallest absolute Gasteiger partial charge is 0.159 e. The van der Waals surface area contributed by atoms with Crippen LogP contribution >= 0.6 is 11.8 Å². The fourth-order valence-electron chi connectivity index (χ4n) is 1.94. The zero-order valence-corrected chi connectivity index (χ0v) is 11.4. The maximum atomic E-state index is 13.2. The van der Waals surface area contributed by atoms with E-state index in [2.05, 4.69) is 10.2 Å². The third kappa shape index (κ3) is 2.36. The molecular weight excluding hydrogens is 278 g/mol. The number of hydrogen-bond donors (Lipinski definition) is 0. The van der Waals surface area contributed by atoms with Crippen molar-refractivity contribution in [3.8, 4) is 0 Å². The SMILES string of the molecule is Cc1nnc(Sc2ccc(F)c(F)c2)c2ccccc12. The summed E-state index contributed by atoms with van der Waals surface area (Å²) in [7, 11) is 0. The number of rotatable bonds is 2. The molecule has 0 aliphatic carbocycles. The molecule has 20 heavy (non-hydrogen) atoms. The summed E-state index contributed by atoms with van der Waals surface area (Å²) in [5.41, 5.74) is 0.843. The fraction of sp³-hybridized carbons (Fsp3) is 0.0667. The first-order valence-electron chi connectivity index (χ1n) is 6.00. The number of halogens is 2. The Morgan fingerprint density at radius 1 is 0.900 bits per heavy atom. The van der Waals surface area contributed by atoms with Gasteiger partial charge in [-0.25, -0.2) is 8.78 Å². The summed E-state index contributed by atoms with van der Waals surface area (Å²) >= 11 is 1.27. The standard InChI is InChI=1S/C15H10F2N2S/c1-9-11-4-2-3-5-12(11)15(19-18-9)20-10-6-7-13(16)14(17)8-10/h2-8H,1H3. The maximum absolute atomic E-state index is 13.2. The Balaban J connectivity index is 2.06. The van der Waals surface area contributed by atoms with Gasteiger partial charge in [0.25, 0.3) is 0 Å². The number of hydrogen-bond acceptors (Lipinski definition) is 3. The summed E-state index contributed by atoms with van der Waals surface area (Å²) in [5, 5.41) is 10.9. The summed E-state index contributed by atoms with van der Waals surface area (Å²) < 4.78 is 26.2. The first kappa shape index (κ1) is 13.0. The van der Waals surface area contributed by atoms with Crippen LogP contribution in [0.2, 0.25) is 0 Å². The fourth-order valence-corrected chi connectivity index (χ4v) is 2.83. The minimum absolute atomic E-state index is 0.590. The highest BCUT2D eigenvalue weighted by atomic mass is 32.2. The molecule has 1 aromatic heterocycles. The van der Waals surface area contributed by atoms with Gasteiger partial charge in [-0.3, -0.25) is 0 Å². The van der Waals surface area contributed by atoms with E-state index in [0.29, 0.717) is 9.92 Å². The van der Waals surface area contributed by atoms with E-state index in [1.54, 1.807) is 0 Å². The highest BCUT2D eigenvalue weighted by Crippen LogP contribution is 2.32. The van der Waals surface area contributed by atoms with Crippen molar-refractivity contribution in [2.75, 3.05) is 0 Å². The average Bonchev–Trinajstić information content (AvgIpc) is 2.46. The van der Waals surface area contributed by atoms with Crippen LogP contribution in [0.15, 0.2) is 52.4 Å². The van der Waals surface area contributed by atoms with E-state index in [1.807, 2.05) is 31.2 Å². The Labute approximate surface area is 118 Å². The second-order valence-electron chi connectivity index (χ2n) is 4.31. The third-order valence-corrected chi connectivity index (χ3v) is 3.93. The Morgan fingerprint density at radius 3 is 2.40 bits per heavy atom. The molecule has 0 aliphatic heterocycles. The van der Waals surface area contributed by atoms with Crippen LogP contribution in [0.1, 0.15) is 5.69 Å². The van der Waals surface area contributed by atoms with Crippen molar-refractivity contribution in [3.05, 3.63) is 59.8 Å². The minimum atomic E-state index is -0.862. The van der Waals surface area contributed by atoms with Gasteiger partial charge in [0.05, 0.1) is 5.69 Å². The molecule has 0 aliphatic rings. The van der Waals surface area contributed by atoms with Crippen molar-refractivity contribution in [1.82, 2.24) is 10.2 Å². The lowest BCUT2D eigenvalue weighted by Crippen LogP contribution is -1.92. The van der Waals surface area contributed by atoms with Crippen molar-refractivity contribution in [2.45, 2.75) is 16.8 Å². The molecule has 0 saturated heterocycles.